The molecule has 0 aliphatic carbocycles. The second kappa shape index (κ2) is 8.39. The van der Waals surface area contributed by atoms with Crippen LogP contribution in [0.5, 0.6) is 0 Å². The van der Waals surface area contributed by atoms with Gasteiger partial charge in [-0.25, -0.2) is 0 Å². The van der Waals surface area contributed by atoms with Crippen LogP contribution in [0, 0.1) is 5.92 Å². The maximum atomic E-state index is 12.6. The van der Waals surface area contributed by atoms with E-state index in [1.54, 1.807) is 4.80 Å². The molecule has 1 aromatic heterocycles. The Balaban J connectivity index is 1.35. The van der Waals surface area contributed by atoms with E-state index in [0.717, 1.165) is 12.1 Å². The van der Waals surface area contributed by atoms with E-state index in [1.807, 2.05) is 38.1 Å². The summed E-state index contributed by atoms with van der Waals surface area (Å²) in [5.41, 5.74) is 1.55. The number of carbonyl (C=O) groups is 1. The van der Waals surface area contributed by atoms with Crippen LogP contribution in [0.1, 0.15) is 62.4 Å². The first kappa shape index (κ1) is 19.1. The molecule has 0 spiro atoms. The van der Waals surface area contributed by atoms with Gasteiger partial charge in [0.05, 0.1) is 6.04 Å². The van der Waals surface area contributed by atoms with Gasteiger partial charge in [-0.15, -0.1) is 10.2 Å². The van der Waals surface area contributed by atoms with E-state index in [0.29, 0.717) is 23.3 Å². The smallest absolute Gasteiger partial charge is 0.251 e. The van der Waals surface area contributed by atoms with Crippen molar-refractivity contribution in [2.75, 3.05) is 19.6 Å². The van der Waals surface area contributed by atoms with Crippen LogP contribution in [0.25, 0.3) is 11.4 Å². The third-order valence-corrected chi connectivity index (χ3v) is 6.05. The molecule has 2 aromatic rings. The molecule has 28 heavy (non-hydrogen) atoms. The number of benzene rings is 1. The summed E-state index contributed by atoms with van der Waals surface area (Å²) in [6.45, 7) is 7.25. The molecule has 2 fully saturated rings. The SMILES string of the molecule is CC(C)n1nnc(-c2ccc(C(=O)NC[C@H]3CCCN4CCCC[C@@H]34)cc2)n1. The maximum Gasteiger partial charge on any atom is 0.251 e. The second-order valence-electron chi connectivity index (χ2n) is 8.32. The lowest BCUT2D eigenvalue weighted by atomic mass is 9.83. The van der Waals surface area contributed by atoms with Crippen molar-refractivity contribution in [1.29, 1.82) is 0 Å². The molecule has 1 aromatic carbocycles. The highest BCUT2D eigenvalue weighted by molar-refractivity contribution is 5.94. The number of fused-ring (bicyclic) bond motifs is 1. The predicted octanol–water partition coefficient (Wildman–Crippen LogP) is 2.92. The van der Waals surface area contributed by atoms with Gasteiger partial charge in [-0.3, -0.25) is 4.79 Å². The summed E-state index contributed by atoms with van der Waals surface area (Å²) < 4.78 is 0. The van der Waals surface area contributed by atoms with Crippen LogP contribution < -0.4 is 5.32 Å². The molecule has 2 aliphatic heterocycles. The molecule has 0 radical (unpaired) electrons. The molecular formula is C21H30N6O. The number of nitrogens with zero attached hydrogens (tertiary/aromatic N) is 5. The first-order chi connectivity index (χ1) is 13.6. The van der Waals surface area contributed by atoms with E-state index in [2.05, 4.69) is 25.6 Å². The molecule has 2 saturated heterocycles. The van der Waals surface area contributed by atoms with Crippen LogP contribution >= 0.6 is 0 Å². The number of amides is 1. The first-order valence-electron chi connectivity index (χ1n) is 10.5. The molecular weight excluding hydrogens is 352 g/mol. The predicted molar refractivity (Wildman–Crippen MR) is 108 cm³/mol. The third kappa shape index (κ3) is 4.09. The van der Waals surface area contributed by atoms with Crippen molar-refractivity contribution >= 4 is 5.91 Å². The maximum absolute atomic E-state index is 12.6. The number of tetrazole rings is 1. The summed E-state index contributed by atoms with van der Waals surface area (Å²) >= 11 is 0. The Hall–Kier alpha value is -2.28. The lowest BCUT2D eigenvalue weighted by molar-refractivity contribution is 0.0575. The van der Waals surface area contributed by atoms with Gasteiger partial charge in [0.25, 0.3) is 5.91 Å². The topological polar surface area (TPSA) is 75.9 Å². The van der Waals surface area contributed by atoms with Crippen molar-refractivity contribution in [3.63, 3.8) is 0 Å². The van der Waals surface area contributed by atoms with E-state index in [1.165, 1.54) is 45.2 Å². The highest BCUT2D eigenvalue weighted by atomic mass is 16.1. The van der Waals surface area contributed by atoms with Gasteiger partial charge in [-0.05, 0) is 75.9 Å². The van der Waals surface area contributed by atoms with Crippen LogP contribution in [0.2, 0.25) is 0 Å². The van der Waals surface area contributed by atoms with E-state index in [4.69, 9.17) is 0 Å². The van der Waals surface area contributed by atoms with E-state index in [-0.39, 0.29) is 11.9 Å². The number of rotatable bonds is 5. The minimum atomic E-state index is -0.00160. The van der Waals surface area contributed by atoms with Crippen LogP contribution in [0.15, 0.2) is 24.3 Å². The number of nitrogens with one attached hydrogen (secondary N) is 1. The lowest BCUT2D eigenvalue weighted by Gasteiger charge is -2.44. The largest absolute Gasteiger partial charge is 0.352 e. The number of piperidine rings is 2. The van der Waals surface area contributed by atoms with Gasteiger partial charge in [0.15, 0.2) is 0 Å². The second-order valence-corrected chi connectivity index (χ2v) is 8.32. The van der Waals surface area contributed by atoms with Gasteiger partial charge >= 0.3 is 0 Å². The van der Waals surface area contributed by atoms with E-state index < -0.39 is 0 Å². The van der Waals surface area contributed by atoms with Gasteiger partial charge in [-0.1, -0.05) is 18.6 Å². The summed E-state index contributed by atoms with van der Waals surface area (Å²) in [5.74, 6) is 1.16. The zero-order valence-electron chi connectivity index (χ0n) is 16.8. The number of hydrogen-bond donors (Lipinski definition) is 1. The summed E-state index contributed by atoms with van der Waals surface area (Å²) in [4.78, 5) is 16.8. The molecule has 7 heteroatoms. The zero-order chi connectivity index (χ0) is 19.5. The molecule has 1 amide bonds. The molecule has 0 saturated carbocycles. The van der Waals surface area contributed by atoms with E-state index in [9.17, 15) is 4.79 Å². The summed E-state index contributed by atoms with van der Waals surface area (Å²) in [7, 11) is 0. The van der Waals surface area contributed by atoms with Crippen molar-refractivity contribution < 1.29 is 4.79 Å². The summed E-state index contributed by atoms with van der Waals surface area (Å²) in [5, 5.41) is 15.7. The molecule has 7 nitrogen and oxygen atoms in total. The van der Waals surface area contributed by atoms with Crippen molar-refractivity contribution in [3.8, 4) is 11.4 Å². The minimum Gasteiger partial charge on any atom is -0.352 e. The highest BCUT2D eigenvalue weighted by Crippen LogP contribution is 2.30. The fourth-order valence-corrected chi connectivity index (χ4v) is 4.47. The fraction of sp³-hybridized carbons (Fsp3) is 0.619. The van der Waals surface area contributed by atoms with E-state index >= 15 is 0 Å². The molecule has 1 N–H and O–H groups in total. The van der Waals surface area contributed by atoms with Crippen LogP contribution in [0.3, 0.4) is 0 Å². The van der Waals surface area contributed by atoms with Crippen LogP contribution in [-0.4, -0.2) is 56.7 Å². The normalized spacial score (nSPS) is 22.8. The Labute approximate surface area is 166 Å². The quantitative estimate of drug-likeness (QED) is 0.860. The third-order valence-electron chi connectivity index (χ3n) is 6.05. The fourth-order valence-electron chi connectivity index (χ4n) is 4.47. The van der Waals surface area contributed by atoms with Crippen molar-refractivity contribution in [3.05, 3.63) is 29.8 Å². The number of hydrogen-bond acceptors (Lipinski definition) is 5. The van der Waals surface area contributed by atoms with Crippen LogP contribution in [0.4, 0.5) is 0 Å². The summed E-state index contributed by atoms with van der Waals surface area (Å²) in [6, 6.07) is 8.29. The Kier molecular flexibility index (Phi) is 5.71. The van der Waals surface area contributed by atoms with Gasteiger partial charge in [0.1, 0.15) is 0 Å². The Morgan fingerprint density at radius 3 is 2.68 bits per heavy atom. The van der Waals surface area contributed by atoms with Gasteiger partial charge in [0.2, 0.25) is 5.82 Å². The van der Waals surface area contributed by atoms with Crippen molar-refractivity contribution in [2.45, 2.75) is 58.0 Å². The monoisotopic (exact) mass is 382 g/mol. The summed E-state index contributed by atoms with van der Waals surface area (Å²) in [6.07, 6.45) is 6.39. The molecule has 0 unspecified atom stereocenters. The molecule has 0 bridgehead atoms. The molecule has 2 aliphatic rings. The Morgan fingerprint density at radius 1 is 1.14 bits per heavy atom. The first-order valence-corrected chi connectivity index (χ1v) is 10.5. The molecule has 2 atom stereocenters. The average Bonchev–Trinajstić information content (AvgIpc) is 3.23. The number of aromatic nitrogens is 4. The minimum absolute atomic E-state index is 0.00160. The molecule has 4 rings (SSSR count). The average molecular weight is 383 g/mol. The standard InChI is InChI=1S/C21H30N6O/c1-15(2)27-24-20(23-25-27)16-8-10-17(11-9-16)21(28)22-14-18-6-5-13-26-12-4-3-7-19(18)26/h8-11,15,18-19H,3-7,12-14H2,1-2H3,(H,22,28)/t18-,19+/m1/s1. The molecule has 3 heterocycles. The van der Waals surface area contributed by atoms with Crippen molar-refractivity contribution in [1.82, 2.24) is 30.4 Å². The van der Waals surface area contributed by atoms with Gasteiger partial charge in [0, 0.05) is 23.7 Å². The van der Waals surface area contributed by atoms with Crippen LogP contribution in [-0.2, 0) is 0 Å². The molecule has 150 valence electrons. The van der Waals surface area contributed by atoms with Gasteiger partial charge in [-0.2, -0.15) is 4.80 Å². The zero-order valence-corrected chi connectivity index (χ0v) is 16.8. The number of carbonyl (C=O) groups excluding carboxylic acids is 1. The Morgan fingerprint density at radius 2 is 1.93 bits per heavy atom. The Bertz CT molecular complexity index is 797. The highest BCUT2D eigenvalue weighted by Gasteiger charge is 2.32. The van der Waals surface area contributed by atoms with Crippen molar-refractivity contribution in [2.24, 2.45) is 5.92 Å². The lowest BCUT2D eigenvalue weighted by Crippen LogP contribution is -2.51. The van der Waals surface area contributed by atoms with Gasteiger partial charge < -0.3 is 10.2 Å².